The van der Waals surface area contributed by atoms with Crippen LogP contribution in [0.1, 0.15) is 41.1 Å². The zero-order valence-corrected chi connectivity index (χ0v) is 16.3. The Morgan fingerprint density at radius 3 is 2.57 bits per heavy atom. The lowest BCUT2D eigenvalue weighted by atomic mass is 9.80. The van der Waals surface area contributed by atoms with E-state index in [1.807, 2.05) is 49.4 Å². The summed E-state index contributed by atoms with van der Waals surface area (Å²) in [5.74, 6) is -0.376. The Hall–Kier alpha value is -2.66. The summed E-state index contributed by atoms with van der Waals surface area (Å²) in [5, 5.41) is 15.4. The summed E-state index contributed by atoms with van der Waals surface area (Å²) in [7, 11) is 0. The van der Waals surface area contributed by atoms with Gasteiger partial charge in [0.25, 0.3) is 0 Å². The molecular weight excluding hydrogens is 352 g/mol. The number of carbonyl (C=O) groups is 2. The molecule has 5 nitrogen and oxygen atoms in total. The van der Waals surface area contributed by atoms with Gasteiger partial charge in [0.1, 0.15) is 0 Å². The molecule has 0 aliphatic heterocycles. The first-order valence-electron chi connectivity index (χ1n) is 9.87. The van der Waals surface area contributed by atoms with Crippen LogP contribution < -0.4 is 10.6 Å². The Bertz CT molecular complexity index is 817. The SMILES string of the molecule is Cc1ccc(CCC(=O)NCC(=O)N[C@H]2c3ccccc3CC[C@H]2CO)cc1. The predicted molar refractivity (Wildman–Crippen MR) is 109 cm³/mol. The quantitative estimate of drug-likeness (QED) is 0.690. The van der Waals surface area contributed by atoms with Crippen molar-refractivity contribution in [3.8, 4) is 0 Å². The third-order valence-corrected chi connectivity index (χ3v) is 5.40. The number of aryl methyl sites for hydroxylation is 3. The average molecular weight is 380 g/mol. The number of aliphatic hydroxyl groups excluding tert-OH is 1. The monoisotopic (exact) mass is 380 g/mol. The smallest absolute Gasteiger partial charge is 0.239 e. The predicted octanol–water partition coefficient (Wildman–Crippen LogP) is 2.46. The molecule has 5 heteroatoms. The molecule has 2 amide bonds. The van der Waals surface area contributed by atoms with E-state index in [2.05, 4.69) is 16.7 Å². The fraction of sp³-hybridized carbons (Fsp3) is 0.391. The van der Waals surface area contributed by atoms with E-state index >= 15 is 0 Å². The molecule has 0 aromatic heterocycles. The van der Waals surface area contributed by atoms with Crippen LogP contribution >= 0.6 is 0 Å². The van der Waals surface area contributed by atoms with Crippen molar-refractivity contribution in [2.45, 2.75) is 38.6 Å². The van der Waals surface area contributed by atoms with E-state index in [9.17, 15) is 14.7 Å². The normalized spacial score (nSPS) is 18.2. The summed E-state index contributed by atoms with van der Waals surface area (Å²) >= 11 is 0. The molecule has 0 fully saturated rings. The van der Waals surface area contributed by atoms with Crippen LogP contribution in [0.5, 0.6) is 0 Å². The fourth-order valence-electron chi connectivity index (χ4n) is 3.72. The van der Waals surface area contributed by atoms with E-state index in [0.717, 1.165) is 24.0 Å². The van der Waals surface area contributed by atoms with Gasteiger partial charge >= 0.3 is 0 Å². The zero-order chi connectivity index (χ0) is 19.9. The lowest BCUT2D eigenvalue weighted by molar-refractivity contribution is -0.126. The Morgan fingerprint density at radius 2 is 1.82 bits per heavy atom. The van der Waals surface area contributed by atoms with Gasteiger partial charge in [-0.1, -0.05) is 54.1 Å². The van der Waals surface area contributed by atoms with Gasteiger partial charge < -0.3 is 15.7 Å². The maximum absolute atomic E-state index is 12.4. The van der Waals surface area contributed by atoms with Crippen LogP contribution in [0.2, 0.25) is 0 Å². The molecule has 0 bridgehead atoms. The number of carbonyl (C=O) groups excluding carboxylic acids is 2. The van der Waals surface area contributed by atoms with Gasteiger partial charge in [0.15, 0.2) is 0 Å². The molecule has 0 radical (unpaired) electrons. The molecule has 0 saturated carbocycles. The van der Waals surface area contributed by atoms with Gasteiger partial charge in [-0.15, -0.1) is 0 Å². The second-order valence-electron chi connectivity index (χ2n) is 7.49. The molecular formula is C23H28N2O3. The summed E-state index contributed by atoms with van der Waals surface area (Å²) in [5.41, 5.74) is 4.57. The lowest BCUT2D eigenvalue weighted by Crippen LogP contribution is -2.43. The molecule has 3 N–H and O–H groups in total. The van der Waals surface area contributed by atoms with Crippen LogP contribution in [0.3, 0.4) is 0 Å². The van der Waals surface area contributed by atoms with E-state index in [4.69, 9.17) is 0 Å². The van der Waals surface area contributed by atoms with Crippen LogP contribution in [0.15, 0.2) is 48.5 Å². The highest BCUT2D eigenvalue weighted by atomic mass is 16.3. The number of benzene rings is 2. The number of amides is 2. The van der Waals surface area contributed by atoms with E-state index in [-0.39, 0.29) is 36.9 Å². The van der Waals surface area contributed by atoms with E-state index < -0.39 is 0 Å². The van der Waals surface area contributed by atoms with Crippen LogP contribution in [0.25, 0.3) is 0 Å². The summed E-state index contributed by atoms with van der Waals surface area (Å²) < 4.78 is 0. The summed E-state index contributed by atoms with van der Waals surface area (Å²) in [6.45, 7) is 2.01. The minimum absolute atomic E-state index is 0.00362. The van der Waals surface area contributed by atoms with Crippen molar-refractivity contribution in [1.29, 1.82) is 0 Å². The van der Waals surface area contributed by atoms with Crippen molar-refractivity contribution >= 4 is 11.8 Å². The van der Waals surface area contributed by atoms with Gasteiger partial charge in [0.05, 0.1) is 12.6 Å². The first-order valence-corrected chi connectivity index (χ1v) is 9.87. The van der Waals surface area contributed by atoms with Crippen molar-refractivity contribution < 1.29 is 14.7 Å². The Kier molecular flexibility index (Phi) is 6.82. The molecule has 2 aromatic carbocycles. The Morgan fingerprint density at radius 1 is 1.07 bits per heavy atom. The van der Waals surface area contributed by atoms with Crippen LogP contribution in [-0.4, -0.2) is 30.1 Å². The highest BCUT2D eigenvalue weighted by Crippen LogP contribution is 2.34. The van der Waals surface area contributed by atoms with Gasteiger partial charge in [-0.25, -0.2) is 0 Å². The number of hydrogen-bond acceptors (Lipinski definition) is 3. The number of fused-ring (bicyclic) bond motifs is 1. The number of nitrogens with one attached hydrogen (secondary N) is 2. The maximum Gasteiger partial charge on any atom is 0.239 e. The largest absolute Gasteiger partial charge is 0.396 e. The molecule has 0 unspecified atom stereocenters. The molecule has 0 spiro atoms. The van der Waals surface area contributed by atoms with Crippen LogP contribution in [0, 0.1) is 12.8 Å². The molecule has 1 aliphatic rings. The highest BCUT2D eigenvalue weighted by molar-refractivity contribution is 5.85. The summed E-state index contributed by atoms with van der Waals surface area (Å²) in [6, 6.07) is 15.9. The minimum Gasteiger partial charge on any atom is -0.396 e. The molecule has 0 heterocycles. The van der Waals surface area contributed by atoms with Gasteiger partial charge in [-0.3, -0.25) is 9.59 Å². The molecule has 2 aromatic rings. The molecule has 3 rings (SSSR count). The highest BCUT2D eigenvalue weighted by Gasteiger charge is 2.30. The third kappa shape index (κ3) is 5.20. The molecule has 1 aliphatic carbocycles. The number of hydrogen-bond donors (Lipinski definition) is 3. The van der Waals surface area contributed by atoms with Crippen molar-refractivity contribution in [3.63, 3.8) is 0 Å². The van der Waals surface area contributed by atoms with Crippen molar-refractivity contribution in [2.75, 3.05) is 13.2 Å². The number of rotatable bonds is 7. The van der Waals surface area contributed by atoms with E-state index in [1.54, 1.807) is 0 Å². The van der Waals surface area contributed by atoms with Crippen LogP contribution in [0.4, 0.5) is 0 Å². The average Bonchev–Trinajstić information content (AvgIpc) is 2.72. The minimum atomic E-state index is -0.233. The standard InChI is InChI=1S/C23H28N2O3/c1-16-6-8-17(9-7-16)10-13-21(27)24-14-22(28)25-23-19(15-26)12-11-18-4-2-3-5-20(18)23/h2-9,19,23,26H,10-15H2,1H3,(H,24,27)(H,25,28)/t19-,23+/m0/s1. The molecule has 2 atom stereocenters. The molecule has 0 saturated heterocycles. The van der Waals surface area contributed by atoms with Crippen molar-refractivity contribution in [3.05, 3.63) is 70.8 Å². The zero-order valence-electron chi connectivity index (χ0n) is 16.3. The van der Waals surface area contributed by atoms with Crippen molar-refractivity contribution in [2.24, 2.45) is 5.92 Å². The van der Waals surface area contributed by atoms with Crippen LogP contribution in [-0.2, 0) is 22.4 Å². The molecule has 148 valence electrons. The van der Waals surface area contributed by atoms with Gasteiger partial charge in [0, 0.05) is 18.9 Å². The van der Waals surface area contributed by atoms with Gasteiger partial charge in [0.2, 0.25) is 11.8 Å². The first-order chi connectivity index (χ1) is 13.6. The lowest BCUT2D eigenvalue weighted by Gasteiger charge is -2.33. The Balaban J connectivity index is 1.49. The third-order valence-electron chi connectivity index (χ3n) is 5.40. The fourth-order valence-corrected chi connectivity index (χ4v) is 3.72. The second kappa shape index (κ2) is 9.51. The van der Waals surface area contributed by atoms with E-state index in [0.29, 0.717) is 12.8 Å². The summed E-state index contributed by atoms with van der Waals surface area (Å²) in [4.78, 5) is 24.5. The van der Waals surface area contributed by atoms with Gasteiger partial charge in [-0.2, -0.15) is 0 Å². The first kappa shape index (κ1) is 20.1. The molecule has 28 heavy (non-hydrogen) atoms. The second-order valence-corrected chi connectivity index (χ2v) is 7.49. The summed E-state index contributed by atoms with van der Waals surface area (Å²) in [6.07, 6.45) is 2.74. The van der Waals surface area contributed by atoms with Gasteiger partial charge in [-0.05, 0) is 42.9 Å². The maximum atomic E-state index is 12.4. The Labute approximate surface area is 166 Å². The van der Waals surface area contributed by atoms with Crippen molar-refractivity contribution in [1.82, 2.24) is 10.6 Å². The number of aliphatic hydroxyl groups is 1. The van der Waals surface area contributed by atoms with E-state index in [1.165, 1.54) is 11.1 Å². The topological polar surface area (TPSA) is 78.4 Å².